The Morgan fingerprint density at radius 2 is 1.52 bits per heavy atom. The topological polar surface area (TPSA) is 49.4 Å². The molecular formula is C24H29FN2O2. The van der Waals surface area contributed by atoms with Crippen molar-refractivity contribution >= 4 is 11.8 Å². The van der Waals surface area contributed by atoms with Crippen molar-refractivity contribution < 1.29 is 14.0 Å². The van der Waals surface area contributed by atoms with Crippen molar-refractivity contribution in [2.75, 3.05) is 13.1 Å². The first-order valence-electron chi connectivity index (χ1n) is 10.2. The van der Waals surface area contributed by atoms with Gasteiger partial charge in [-0.2, -0.15) is 0 Å². The second kappa shape index (κ2) is 8.76. The first-order valence-corrected chi connectivity index (χ1v) is 10.2. The number of hydrogen-bond acceptors (Lipinski definition) is 2. The first kappa shape index (κ1) is 21.0. The van der Waals surface area contributed by atoms with E-state index in [1.807, 2.05) is 56.0 Å². The molecule has 2 aromatic carbocycles. The number of hydrogen-bond donors (Lipinski definition) is 1. The summed E-state index contributed by atoms with van der Waals surface area (Å²) in [5, 5.41) is 3.15. The van der Waals surface area contributed by atoms with Crippen LogP contribution in [-0.4, -0.2) is 29.8 Å². The number of carbonyl (C=O) groups is 2. The smallest absolute Gasteiger partial charge is 0.227 e. The van der Waals surface area contributed by atoms with Crippen LogP contribution in [0.4, 0.5) is 4.39 Å². The third kappa shape index (κ3) is 5.22. The minimum absolute atomic E-state index is 0.0222. The Morgan fingerprint density at radius 3 is 2.07 bits per heavy atom. The molecule has 1 aliphatic heterocycles. The van der Waals surface area contributed by atoms with Gasteiger partial charge in [-0.3, -0.25) is 9.59 Å². The van der Waals surface area contributed by atoms with Crippen LogP contribution in [0.3, 0.4) is 0 Å². The molecule has 2 amide bonds. The maximum Gasteiger partial charge on any atom is 0.227 e. The van der Waals surface area contributed by atoms with Crippen LogP contribution in [-0.2, 0) is 9.59 Å². The Balaban J connectivity index is 1.70. The van der Waals surface area contributed by atoms with E-state index < -0.39 is 5.41 Å². The number of nitrogens with zero attached hydrogens (tertiary/aromatic N) is 1. The molecule has 2 aromatic rings. The molecule has 3 rings (SSSR count). The lowest BCUT2D eigenvalue weighted by atomic mass is 9.90. The van der Waals surface area contributed by atoms with Crippen LogP contribution >= 0.6 is 0 Å². The summed E-state index contributed by atoms with van der Waals surface area (Å²) in [4.78, 5) is 27.3. The van der Waals surface area contributed by atoms with Gasteiger partial charge in [0, 0.05) is 24.4 Å². The zero-order valence-corrected chi connectivity index (χ0v) is 17.3. The van der Waals surface area contributed by atoms with Crippen LogP contribution in [0.5, 0.6) is 0 Å². The molecule has 1 saturated heterocycles. The molecule has 0 saturated carbocycles. The fraction of sp³-hybridized carbons (Fsp3) is 0.417. The lowest BCUT2D eigenvalue weighted by Gasteiger charge is -2.35. The average Bonchev–Trinajstić information content (AvgIpc) is 2.72. The van der Waals surface area contributed by atoms with Gasteiger partial charge < -0.3 is 10.2 Å². The second-order valence-corrected chi connectivity index (χ2v) is 8.72. The lowest BCUT2D eigenvalue weighted by molar-refractivity contribution is -0.142. The minimum Gasteiger partial charge on any atom is -0.345 e. The van der Waals surface area contributed by atoms with E-state index in [0.717, 1.165) is 11.1 Å². The molecule has 1 heterocycles. The average molecular weight is 397 g/mol. The number of carbonyl (C=O) groups excluding carboxylic acids is 2. The Bertz CT molecular complexity index is 835. The molecular weight excluding hydrogens is 367 g/mol. The number of rotatable bonds is 4. The summed E-state index contributed by atoms with van der Waals surface area (Å²) in [6.45, 7) is 6.95. The second-order valence-electron chi connectivity index (χ2n) is 8.72. The molecule has 0 bridgehead atoms. The molecule has 1 fully saturated rings. The highest BCUT2D eigenvalue weighted by molar-refractivity contribution is 5.83. The molecule has 1 N–H and O–H groups in total. The third-order valence-corrected chi connectivity index (χ3v) is 5.42. The van der Waals surface area contributed by atoms with Gasteiger partial charge in [0.25, 0.3) is 0 Å². The van der Waals surface area contributed by atoms with E-state index in [2.05, 4.69) is 5.32 Å². The number of piperidine rings is 1. The zero-order valence-electron chi connectivity index (χ0n) is 17.3. The SMILES string of the molecule is CC(C)(C)C(=O)N1CCC(C(=O)NC(c2ccccc2)c2ccc(F)cc2)CC1. The Morgan fingerprint density at radius 1 is 0.966 bits per heavy atom. The van der Waals surface area contributed by atoms with Gasteiger partial charge in [0.15, 0.2) is 0 Å². The summed E-state index contributed by atoms with van der Waals surface area (Å²) in [7, 11) is 0. The van der Waals surface area contributed by atoms with Gasteiger partial charge >= 0.3 is 0 Å². The maximum atomic E-state index is 13.4. The van der Waals surface area contributed by atoms with Crippen LogP contribution in [0.2, 0.25) is 0 Å². The molecule has 1 unspecified atom stereocenters. The van der Waals surface area contributed by atoms with E-state index >= 15 is 0 Å². The summed E-state index contributed by atoms with van der Waals surface area (Å²) < 4.78 is 13.4. The van der Waals surface area contributed by atoms with E-state index in [0.29, 0.717) is 25.9 Å². The molecule has 5 heteroatoms. The highest BCUT2D eigenvalue weighted by Gasteiger charge is 2.33. The molecule has 1 atom stereocenters. The van der Waals surface area contributed by atoms with E-state index in [1.165, 1.54) is 12.1 Å². The predicted octanol–water partition coefficient (Wildman–Crippen LogP) is 4.32. The molecule has 4 nitrogen and oxygen atoms in total. The van der Waals surface area contributed by atoms with Crippen molar-refractivity contribution in [2.45, 2.75) is 39.7 Å². The summed E-state index contributed by atoms with van der Waals surface area (Å²) in [5.41, 5.74) is 1.38. The predicted molar refractivity (Wildman–Crippen MR) is 112 cm³/mol. The van der Waals surface area contributed by atoms with Gasteiger partial charge in [-0.1, -0.05) is 63.2 Å². The van der Waals surface area contributed by atoms with Crippen molar-refractivity contribution in [1.29, 1.82) is 0 Å². The Hall–Kier alpha value is -2.69. The zero-order chi connectivity index (χ0) is 21.0. The number of amides is 2. The lowest BCUT2D eigenvalue weighted by Crippen LogP contribution is -2.47. The van der Waals surface area contributed by atoms with Crippen molar-refractivity contribution in [3.05, 3.63) is 71.5 Å². The van der Waals surface area contributed by atoms with Gasteiger partial charge in [-0.15, -0.1) is 0 Å². The van der Waals surface area contributed by atoms with Crippen LogP contribution in [0, 0.1) is 17.2 Å². The molecule has 0 aliphatic carbocycles. The monoisotopic (exact) mass is 396 g/mol. The quantitative estimate of drug-likeness (QED) is 0.837. The van der Waals surface area contributed by atoms with E-state index in [-0.39, 0.29) is 29.6 Å². The van der Waals surface area contributed by atoms with Crippen molar-refractivity contribution in [3.63, 3.8) is 0 Å². The van der Waals surface area contributed by atoms with Gasteiger partial charge in [0.2, 0.25) is 11.8 Å². The Labute approximate surface area is 172 Å². The fourth-order valence-electron chi connectivity index (χ4n) is 3.74. The summed E-state index contributed by atoms with van der Waals surface area (Å²) in [5.74, 6) is -0.329. The van der Waals surface area contributed by atoms with E-state index in [4.69, 9.17) is 0 Å². The number of likely N-dealkylation sites (tertiary alicyclic amines) is 1. The molecule has 0 aromatic heterocycles. The summed E-state index contributed by atoms with van der Waals surface area (Å²) in [6, 6.07) is 15.6. The van der Waals surface area contributed by atoms with Gasteiger partial charge in [0.05, 0.1) is 6.04 Å². The van der Waals surface area contributed by atoms with Gasteiger partial charge in [-0.25, -0.2) is 4.39 Å². The van der Waals surface area contributed by atoms with Crippen LogP contribution in [0.25, 0.3) is 0 Å². The molecule has 0 radical (unpaired) electrons. The molecule has 29 heavy (non-hydrogen) atoms. The van der Waals surface area contributed by atoms with Gasteiger partial charge in [0.1, 0.15) is 5.82 Å². The highest BCUT2D eigenvalue weighted by atomic mass is 19.1. The summed E-state index contributed by atoms with van der Waals surface area (Å²) >= 11 is 0. The largest absolute Gasteiger partial charge is 0.345 e. The van der Waals surface area contributed by atoms with Crippen molar-refractivity contribution in [2.24, 2.45) is 11.3 Å². The normalized spacial score (nSPS) is 16.3. The van der Waals surface area contributed by atoms with Crippen molar-refractivity contribution in [3.8, 4) is 0 Å². The van der Waals surface area contributed by atoms with E-state index in [1.54, 1.807) is 12.1 Å². The first-order chi connectivity index (χ1) is 13.8. The summed E-state index contributed by atoms with van der Waals surface area (Å²) in [6.07, 6.45) is 1.30. The van der Waals surface area contributed by atoms with Crippen LogP contribution in [0.1, 0.15) is 50.8 Å². The van der Waals surface area contributed by atoms with Crippen LogP contribution in [0.15, 0.2) is 54.6 Å². The fourth-order valence-corrected chi connectivity index (χ4v) is 3.74. The number of benzene rings is 2. The standard InChI is InChI=1S/C24H29FN2O2/c1-24(2,3)23(29)27-15-13-19(14-16-27)22(28)26-21(17-7-5-4-6-8-17)18-9-11-20(25)12-10-18/h4-12,19,21H,13-16H2,1-3H3,(H,26,28). The van der Waals surface area contributed by atoms with Crippen LogP contribution < -0.4 is 5.32 Å². The minimum atomic E-state index is -0.407. The maximum absolute atomic E-state index is 13.4. The molecule has 1 aliphatic rings. The highest BCUT2D eigenvalue weighted by Crippen LogP contribution is 2.26. The molecule has 154 valence electrons. The third-order valence-electron chi connectivity index (χ3n) is 5.42. The molecule has 0 spiro atoms. The number of halogens is 1. The van der Waals surface area contributed by atoms with E-state index in [9.17, 15) is 14.0 Å². The Kier molecular flexibility index (Phi) is 6.36. The van der Waals surface area contributed by atoms with Gasteiger partial charge in [-0.05, 0) is 36.1 Å². The number of nitrogens with one attached hydrogen (secondary N) is 1. The van der Waals surface area contributed by atoms with Crippen molar-refractivity contribution in [1.82, 2.24) is 10.2 Å².